The van der Waals surface area contributed by atoms with Gasteiger partial charge in [0, 0.05) is 25.2 Å². The summed E-state index contributed by atoms with van der Waals surface area (Å²) in [6.45, 7) is 7.04. The minimum atomic E-state index is -0.425. The second kappa shape index (κ2) is 10.6. The van der Waals surface area contributed by atoms with Crippen LogP contribution in [0.4, 0.5) is 11.4 Å². The number of hydrogen-bond acceptors (Lipinski definition) is 6. The van der Waals surface area contributed by atoms with Crippen LogP contribution in [0.1, 0.15) is 18.1 Å². The molecule has 0 saturated heterocycles. The maximum absolute atomic E-state index is 12.6. The molecule has 164 valence electrons. The second-order valence-corrected chi connectivity index (χ2v) is 9.04. The smallest absolute Gasteiger partial charge is 0.253 e. The summed E-state index contributed by atoms with van der Waals surface area (Å²) in [5, 5.41) is 7.45. The molecule has 2 aromatic carbocycles. The van der Waals surface area contributed by atoms with E-state index in [4.69, 9.17) is 0 Å². The molecule has 0 saturated carbocycles. The number of hydrogen-bond donors (Lipinski definition) is 1. The third-order valence-electron chi connectivity index (χ3n) is 5.54. The molecule has 31 heavy (non-hydrogen) atoms. The van der Waals surface area contributed by atoms with Gasteiger partial charge in [-0.15, -0.1) is 6.58 Å². The molecule has 5 nitrogen and oxygen atoms in total. The van der Waals surface area contributed by atoms with Gasteiger partial charge in [-0.25, -0.2) is 0 Å². The van der Waals surface area contributed by atoms with Crippen LogP contribution in [0.3, 0.4) is 0 Å². The number of thiophene rings is 1. The van der Waals surface area contributed by atoms with Crippen LogP contribution >= 0.6 is 11.3 Å². The molecule has 1 heterocycles. The van der Waals surface area contributed by atoms with E-state index in [1.807, 2.05) is 49.5 Å². The topological polar surface area (TPSA) is 52.6 Å². The summed E-state index contributed by atoms with van der Waals surface area (Å²) >= 11 is 1.66. The van der Waals surface area contributed by atoms with Crippen molar-refractivity contribution in [3.05, 3.63) is 91.4 Å². The van der Waals surface area contributed by atoms with Gasteiger partial charge >= 0.3 is 0 Å². The normalized spacial score (nSPS) is 13.3. The Hall–Kier alpha value is -2.70. The highest BCUT2D eigenvalue weighted by Crippen LogP contribution is 2.23. The van der Waals surface area contributed by atoms with Crippen LogP contribution in [0.5, 0.6) is 0 Å². The first kappa shape index (κ1) is 23.0. The van der Waals surface area contributed by atoms with Gasteiger partial charge in [-0.2, -0.15) is 11.3 Å². The molecule has 0 bridgehead atoms. The maximum Gasteiger partial charge on any atom is 0.253 e. The van der Waals surface area contributed by atoms with Gasteiger partial charge in [0.2, 0.25) is 0 Å². The van der Waals surface area contributed by atoms with Crippen molar-refractivity contribution in [2.75, 3.05) is 37.4 Å². The molecular formula is C25H31N3O2S. The lowest BCUT2D eigenvalue weighted by Gasteiger charge is -2.34. The zero-order chi connectivity index (χ0) is 22.4. The molecule has 2 atom stereocenters. The van der Waals surface area contributed by atoms with Crippen LogP contribution in [0.25, 0.3) is 0 Å². The van der Waals surface area contributed by atoms with Crippen molar-refractivity contribution in [1.82, 2.24) is 4.90 Å². The molecular weight excluding hydrogens is 406 g/mol. The number of anilines is 2. The van der Waals surface area contributed by atoms with Crippen molar-refractivity contribution in [1.29, 1.82) is 0 Å². The molecule has 0 radical (unpaired) electrons. The molecule has 0 aliphatic rings. The fourth-order valence-electron chi connectivity index (χ4n) is 3.84. The molecule has 0 aliphatic heterocycles. The molecule has 0 spiro atoms. The molecule has 0 fully saturated rings. The average Bonchev–Trinajstić information content (AvgIpc) is 3.26. The van der Waals surface area contributed by atoms with Gasteiger partial charge < -0.3 is 15.1 Å². The number of likely N-dealkylation sites (N-methyl/N-ethyl adjacent to an activating group) is 1. The predicted molar refractivity (Wildman–Crippen MR) is 132 cm³/mol. The maximum atomic E-state index is 12.6. The molecule has 1 N–H and O–H groups in total. The first-order valence-electron chi connectivity index (χ1n) is 10.6. The van der Waals surface area contributed by atoms with Crippen molar-refractivity contribution < 1.29 is 0 Å². The van der Waals surface area contributed by atoms with E-state index in [0.29, 0.717) is 24.5 Å². The fraction of sp³-hybridized carbons (Fsp3) is 0.360. The quantitative estimate of drug-likeness (QED) is 0.347. The minimum absolute atomic E-state index is 0.0520. The van der Waals surface area contributed by atoms with Crippen LogP contribution < -0.4 is 21.1 Å². The zero-order valence-electron chi connectivity index (χ0n) is 18.5. The Balaban J connectivity index is 1.78. The van der Waals surface area contributed by atoms with Gasteiger partial charge in [-0.3, -0.25) is 9.59 Å². The first-order valence-corrected chi connectivity index (χ1v) is 11.5. The van der Waals surface area contributed by atoms with Gasteiger partial charge in [0.05, 0.1) is 0 Å². The molecule has 0 unspecified atom stereocenters. The van der Waals surface area contributed by atoms with Crippen molar-refractivity contribution in [3.8, 4) is 0 Å². The van der Waals surface area contributed by atoms with E-state index in [9.17, 15) is 9.59 Å². The number of nitrogens with zero attached hydrogens (tertiary/aromatic N) is 2. The zero-order valence-corrected chi connectivity index (χ0v) is 19.3. The Kier molecular flexibility index (Phi) is 7.82. The van der Waals surface area contributed by atoms with Crippen LogP contribution in [-0.4, -0.2) is 44.2 Å². The molecule has 3 aromatic rings. The van der Waals surface area contributed by atoms with Gasteiger partial charge in [0.1, 0.15) is 11.4 Å². The number of rotatable bonds is 12. The molecule has 0 aliphatic carbocycles. The summed E-state index contributed by atoms with van der Waals surface area (Å²) in [4.78, 5) is 29.1. The highest BCUT2D eigenvalue weighted by molar-refractivity contribution is 7.07. The van der Waals surface area contributed by atoms with Crippen molar-refractivity contribution >= 4 is 22.7 Å². The summed E-state index contributed by atoms with van der Waals surface area (Å²) in [6, 6.07) is 12.6. The molecule has 3 rings (SSSR count). The molecule has 1 aromatic heterocycles. The van der Waals surface area contributed by atoms with Crippen LogP contribution in [-0.2, 0) is 12.8 Å². The number of nitrogens with one attached hydrogen (secondary N) is 1. The Morgan fingerprint density at radius 2 is 1.81 bits per heavy atom. The van der Waals surface area contributed by atoms with Crippen LogP contribution in [0.15, 0.2) is 69.4 Å². The SMILES string of the molecule is C=CCN(C[C@H](Cc1ccccc1)N(C)C)c1c(N[C@@H](C)Cc2ccsc2)c(=O)c1=O. The Labute approximate surface area is 188 Å². The summed E-state index contributed by atoms with van der Waals surface area (Å²) in [5.41, 5.74) is 2.56. The predicted octanol–water partition coefficient (Wildman–Crippen LogP) is 3.55. The minimum Gasteiger partial charge on any atom is -0.377 e. The van der Waals surface area contributed by atoms with Crippen LogP contribution in [0.2, 0.25) is 0 Å². The van der Waals surface area contributed by atoms with E-state index in [1.165, 1.54) is 11.1 Å². The van der Waals surface area contributed by atoms with Crippen LogP contribution in [0, 0.1) is 0 Å². The van der Waals surface area contributed by atoms with E-state index in [-0.39, 0.29) is 12.1 Å². The summed E-state index contributed by atoms with van der Waals surface area (Å²) in [6.07, 6.45) is 3.44. The Morgan fingerprint density at radius 1 is 1.06 bits per heavy atom. The van der Waals surface area contributed by atoms with E-state index in [2.05, 4.69) is 40.4 Å². The lowest BCUT2D eigenvalue weighted by atomic mass is 10.0. The third-order valence-corrected chi connectivity index (χ3v) is 6.27. The van der Waals surface area contributed by atoms with E-state index < -0.39 is 10.9 Å². The molecule has 6 heteroatoms. The lowest BCUT2D eigenvalue weighted by molar-refractivity contribution is 0.293. The van der Waals surface area contributed by atoms with E-state index in [0.717, 1.165) is 12.8 Å². The highest BCUT2D eigenvalue weighted by atomic mass is 32.1. The standard InChI is InChI=1S/C25H31N3O2S/c1-5-12-28(16-21(27(3)4)15-19-9-7-6-8-10-19)23-22(24(29)25(23)30)26-18(2)14-20-11-13-31-17-20/h5-11,13,17-18,21,26H,1,12,14-16H2,2-4H3/t18-,21-/m0/s1. The summed E-state index contributed by atoms with van der Waals surface area (Å²) < 4.78 is 0. The third kappa shape index (κ3) is 5.71. The van der Waals surface area contributed by atoms with Gasteiger partial charge in [0.15, 0.2) is 0 Å². The number of benzene rings is 1. The monoisotopic (exact) mass is 437 g/mol. The summed E-state index contributed by atoms with van der Waals surface area (Å²) in [7, 11) is 4.09. The van der Waals surface area contributed by atoms with E-state index >= 15 is 0 Å². The molecule has 0 amide bonds. The Morgan fingerprint density at radius 3 is 2.42 bits per heavy atom. The van der Waals surface area contributed by atoms with Gasteiger partial charge in [-0.1, -0.05) is 36.4 Å². The van der Waals surface area contributed by atoms with Crippen molar-refractivity contribution in [3.63, 3.8) is 0 Å². The van der Waals surface area contributed by atoms with Gasteiger partial charge in [0.25, 0.3) is 10.9 Å². The van der Waals surface area contributed by atoms with Crippen molar-refractivity contribution in [2.45, 2.75) is 31.8 Å². The lowest BCUT2D eigenvalue weighted by Crippen LogP contribution is -2.48. The second-order valence-electron chi connectivity index (χ2n) is 8.26. The fourth-order valence-corrected chi connectivity index (χ4v) is 4.52. The summed E-state index contributed by atoms with van der Waals surface area (Å²) in [5.74, 6) is 0. The van der Waals surface area contributed by atoms with Crippen molar-refractivity contribution in [2.24, 2.45) is 0 Å². The first-order chi connectivity index (χ1) is 14.9. The van der Waals surface area contributed by atoms with E-state index in [1.54, 1.807) is 17.4 Å². The highest BCUT2D eigenvalue weighted by Gasteiger charge is 2.28. The largest absolute Gasteiger partial charge is 0.377 e. The Bertz CT molecular complexity index is 1040. The average molecular weight is 438 g/mol. The van der Waals surface area contributed by atoms with Gasteiger partial charge in [-0.05, 0) is 61.8 Å².